The number of aldehydes is 1. The third-order valence-electron chi connectivity index (χ3n) is 6.41. The van der Waals surface area contributed by atoms with E-state index in [9.17, 15) is 27.6 Å². The van der Waals surface area contributed by atoms with Gasteiger partial charge in [-0.15, -0.1) is 0 Å². The second-order valence-electron chi connectivity index (χ2n) is 10.0. The molecule has 222 valence electrons. The van der Waals surface area contributed by atoms with Crippen molar-refractivity contribution < 1.29 is 32.3 Å². The zero-order valence-electron chi connectivity index (χ0n) is 23.1. The largest absolute Gasteiger partial charge is 0.457 e. The van der Waals surface area contributed by atoms with Gasteiger partial charge in [0.25, 0.3) is 0 Å². The molecule has 1 unspecified atom stereocenters. The topological polar surface area (TPSA) is 178 Å². The van der Waals surface area contributed by atoms with Gasteiger partial charge >= 0.3 is 0 Å². The summed E-state index contributed by atoms with van der Waals surface area (Å²) in [4.78, 5) is 51.4. The van der Waals surface area contributed by atoms with Gasteiger partial charge in [-0.2, -0.15) is 5.10 Å². The molecule has 3 aromatic rings. The van der Waals surface area contributed by atoms with Crippen molar-refractivity contribution in [2.45, 2.75) is 43.9 Å². The predicted octanol–water partition coefficient (Wildman–Crippen LogP) is 0.104. The highest BCUT2D eigenvalue weighted by atomic mass is 32.2. The lowest BCUT2D eigenvalue weighted by Gasteiger charge is -2.25. The number of carbonyl (C=O) groups excluding carboxylic acids is 4. The Kier molecular flexibility index (Phi) is 9.70. The summed E-state index contributed by atoms with van der Waals surface area (Å²) in [6.07, 6.45) is 4.33. The molecule has 1 aliphatic rings. The molecule has 4 bridgehead atoms. The Morgan fingerprint density at radius 2 is 1.74 bits per heavy atom. The molecular formula is C28H32N6O7S. The van der Waals surface area contributed by atoms with E-state index in [1.807, 2.05) is 0 Å². The number of hydrogen-bond acceptors (Lipinski definition) is 8. The Hall–Kier alpha value is -4.56. The number of aromatic nitrogens is 2. The van der Waals surface area contributed by atoms with Crippen molar-refractivity contribution in [1.29, 1.82) is 0 Å². The minimum Gasteiger partial charge on any atom is -0.457 e. The van der Waals surface area contributed by atoms with Crippen molar-refractivity contribution in [1.82, 2.24) is 30.5 Å². The van der Waals surface area contributed by atoms with Gasteiger partial charge in [0.1, 0.15) is 35.9 Å². The van der Waals surface area contributed by atoms with Crippen LogP contribution in [0.1, 0.15) is 23.1 Å². The van der Waals surface area contributed by atoms with Crippen molar-refractivity contribution in [3.8, 4) is 11.5 Å². The molecule has 3 atom stereocenters. The average molecular weight is 597 g/mol. The minimum atomic E-state index is -3.84. The van der Waals surface area contributed by atoms with Crippen LogP contribution in [0.4, 0.5) is 0 Å². The number of nitrogens with one attached hydrogen (secondary N) is 4. The smallest absolute Gasteiger partial charge is 0.243 e. The number of carbonyl (C=O) groups is 4. The maximum Gasteiger partial charge on any atom is 0.243 e. The summed E-state index contributed by atoms with van der Waals surface area (Å²) >= 11 is 0. The number of ether oxygens (including phenoxy) is 1. The van der Waals surface area contributed by atoms with Crippen LogP contribution in [0.2, 0.25) is 0 Å². The van der Waals surface area contributed by atoms with Gasteiger partial charge in [0.05, 0.1) is 12.5 Å². The molecule has 4 rings (SSSR count). The van der Waals surface area contributed by atoms with E-state index in [1.54, 1.807) is 72.7 Å². The van der Waals surface area contributed by atoms with Gasteiger partial charge in [0.15, 0.2) is 0 Å². The Bertz CT molecular complexity index is 1570. The van der Waals surface area contributed by atoms with Crippen LogP contribution in [0.25, 0.3) is 0 Å². The Morgan fingerprint density at radius 1 is 1.07 bits per heavy atom. The van der Waals surface area contributed by atoms with Crippen LogP contribution in [0.15, 0.2) is 60.9 Å². The normalized spacial score (nSPS) is 19.6. The first-order valence-electron chi connectivity index (χ1n) is 13.1. The number of sulfonamides is 1. The number of aryl methyl sites for hydroxylation is 1. The third-order valence-corrected chi connectivity index (χ3v) is 7.12. The van der Waals surface area contributed by atoms with Gasteiger partial charge in [-0.1, -0.05) is 24.3 Å². The van der Waals surface area contributed by atoms with Crippen molar-refractivity contribution in [2.24, 2.45) is 7.05 Å². The summed E-state index contributed by atoms with van der Waals surface area (Å²) in [7, 11) is -2.09. The van der Waals surface area contributed by atoms with E-state index in [0.717, 1.165) is 11.8 Å². The predicted molar refractivity (Wildman–Crippen MR) is 152 cm³/mol. The van der Waals surface area contributed by atoms with E-state index in [-0.39, 0.29) is 19.4 Å². The highest BCUT2D eigenvalue weighted by Gasteiger charge is 2.30. The van der Waals surface area contributed by atoms with Gasteiger partial charge < -0.3 is 25.5 Å². The van der Waals surface area contributed by atoms with Crippen LogP contribution in [-0.2, 0) is 55.6 Å². The molecular weight excluding hydrogens is 564 g/mol. The van der Waals surface area contributed by atoms with E-state index in [4.69, 9.17) is 4.74 Å². The zero-order chi connectivity index (χ0) is 30.3. The SMILES string of the molecule is Cn1cc(CNC(=O)C2Cc3cccc(c3)Oc3cccc(c3)C[C@H](NS(C)(=O)=O)C(=O)N[C@@H](CC=O)C(=O)N2)cn1. The molecule has 42 heavy (non-hydrogen) atoms. The van der Waals surface area contributed by atoms with E-state index in [0.29, 0.717) is 28.9 Å². The lowest BCUT2D eigenvalue weighted by molar-refractivity contribution is -0.133. The molecule has 0 aliphatic carbocycles. The van der Waals surface area contributed by atoms with Gasteiger partial charge in [0.2, 0.25) is 27.7 Å². The molecule has 0 saturated carbocycles. The Labute approximate surface area is 243 Å². The quantitative estimate of drug-likeness (QED) is 0.278. The highest BCUT2D eigenvalue weighted by Crippen LogP contribution is 2.24. The average Bonchev–Trinajstić information content (AvgIpc) is 3.34. The van der Waals surface area contributed by atoms with E-state index in [1.165, 1.54) is 0 Å². The first-order valence-corrected chi connectivity index (χ1v) is 15.0. The summed E-state index contributed by atoms with van der Waals surface area (Å²) in [5, 5.41) is 12.0. The minimum absolute atomic E-state index is 0.0645. The first-order chi connectivity index (χ1) is 20.0. The van der Waals surface area contributed by atoms with Crippen LogP contribution >= 0.6 is 0 Å². The highest BCUT2D eigenvalue weighted by molar-refractivity contribution is 7.88. The maximum absolute atomic E-state index is 13.4. The number of nitrogens with zero attached hydrogens (tertiary/aromatic N) is 2. The van der Waals surface area contributed by atoms with Gasteiger partial charge in [-0.05, 0) is 41.8 Å². The zero-order valence-corrected chi connectivity index (χ0v) is 23.9. The van der Waals surface area contributed by atoms with Crippen LogP contribution in [0.3, 0.4) is 0 Å². The molecule has 13 nitrogen and oxygen atoms in total. The molecule has 14 heteroatoms. The molecule has 4 N–H and O–H groups in total. The number of benzene rings is 2. The molecule has 2 aromatic carbocycles. The van der Waals surface area contributed by atoms with Gasteiger partial charge in [-0.3, -0.25) is 19.1 Å². The van der Waals surface area contributed by atoms with Gasteiger partial charge in [0, 0.05) is 38.2 Å². The fourth-order valence-corrected chi connectivity index (χ4v) is 5.19. The van der Waals surface area contributed by atoms with Gasteiger partial charge in [-0.25, -0.2) is 13.1 Å². The molecule has 0 radical (unpaired) electrons. The molecule has 0 spiro atoms. The second-order valence-corrected chi connectivity index (χ2v) is 11.8. The van der Waals surface area contributed by atoms with Crippen LogP contribution in [0.5, 0.6) is 11.5 Å². The monoisotopic (exact) mass is 596 g/mol. The summed E-state index contributed by atoms with van der Waals surface area (Å²) in [6, 6.07) is 10.1. The van der Waals surface area contributed by atoms with Crippen LogP contribution < -0.4 is 25.4 Å². The Balaban J connectivity index is 1.69. The molecule has 0 fully saturated rings. The van der Waals surface area contributed by atoms with E-state index >= 15 is 0 Å². The van der Waals surface area contributed by atoms with Crippen molar-refractivity contribution in [3.63, 3.8) is 0 Å². The fourth-order valence-electron chi connectivity index (χ4n) is 4.48. The summed E-state index contributed by atoms with van der Waals surface area (Å²) in [6.45, 7) is 0.159. The van der Waals surface area contributed by atoms with Crippen LogP contribution in [0, 0.1) is 0 Å². The fraction of sp³-hybridized carbons (Fsp3) is 0.321. The second kappa shape index (κ2) is 13.4. The van der Waals surface area contributed by atoms with E-state index in [2.05, 4.69) is 25.8 Å². The van der Waals surface area contributed by atoms with Crippen molar-refractivity contribution >= 4 is 34.0 Å². The van der Waals surface area contributed by atoms with Crippen molar-refractivity contribution in [3.05, 3.63) is 77.6 Å². The molecule has 3 amide bonds. The third kappa shape index (κ3) is 8.72. The summed E-state index contributed by atoms with van der Waals surface area (Å²) < 4.78 is 34.1. The summed E-state index contributed by atoms with van der Waals surface area (Å²) in [5.74, 6) is -1.17. The first kappa shape index (κ1) is 30.4. The molecule has 1 aromatic heterocycles. The maximum atomic E-state index is 13.4. The lowest BCUT2D eigenvalue weighted by Crippen LogP contribution is -2.57. The molecule has 0 saturated heterocycles. The summed E-state index contributed by atoms with van der Waals surface area (Å²) in [5.41, 5.74) is 2.03. The number of rotatable bonds is 7. The van der Waals surface area contributed by atoms with Crippen LogP contribution in [-0.4, -0.2) is 66.6 Å². The molecule has 2 heterocycles. The number of amides is 3. The lowest BCUT2D eigenvalue weighted by atomic mass is 10.0. The number of fused-ring (bicyclic) bond motifs is 4. The Morgan fingerprint density at radius 3 is 2.33 bits per heavy atom. The molecule has 1 aliphatic heterocycles. The standard InChI is InChI=1S/C28H32N6O7S/c1-34-17-20(16-30-34)15-29-26(36)24-13-18-5-3-7-21(11-18)41-22-8-4-6-19(12-22)14-25(33-42(2,39)40)28(38)31-23(9-10-35)27(37)32-24/h3-8,10-12,16-17,23-25,33H,9,13-15H2,1-2H3,(H,29,36)(H,31,38)(H,32,37)/t23-,24?,25-/m0/s1. The van der Waals surface area contributed by atoms with E-state index < -0.39 is 52.3 Å². The number of hydrogen-bond donors (Lipinski definition) is 4. The van der Waals surface area contributed by atoms with Crippen molar-refractivity contribution in [2.75, 3.05) is 6.26 Å².